The molecule has 1 atom stereocenters. The smallest absolute Gasteiger partial charge is 0.232 e. The van der Waals surface area contributed by atoms with Crippen LogP contribution >= 0.6 is 0 Å². The van der Waals surface area contributed by atoms with Crippen LogP contribution in [0.5, 0.6) is 0 Å². The van der Waals surface area contributed by atoms with Gasteiger partial charge in [0.05, 0.1) is 35.0 Å². The second-order valence-electron chi connectivity index (χ2n) is 13.8. The largest absolute Gasteiger partial charge is 0.267 e. The maximum Gasteiger partial charge on any atom is 0.232 e. The minimum atomic E-state index is -4.03. The summed E-state index contributed by atoms with van der Waals surface area (Å²) in [6.45, 7) is 3.92. The molecule has 5 rings (SSSR count). The van der Waals surface area contributed by atoms with Crippen molar-refractivity contribution >= 4 is 42.6 Å². The van der Waals surface area contributed by atoms with Gasteiger partial charge in [-0.15, -0.1) is 0 Å². The van der Waals surface area contributed by atoms with Crippen molar-refractivity contribution in [1.82, 2.24) is 0 Å². The van der Waals surface area contributed by atoms with Crippen LogP contribution in [0.2, 0.25) is 0 Å². The Labute approximate surface area is 312 Å². The highest BCUT2D eigenvalue weighted by Gasteiger charge is 2.39. The molecule has 3 aliphatic carbocycles. The fourth-order valence-electron chi connectivity index (χ4n) is 7.34. The van der Waals surface area contributed by atoms with E-state index in [9.17, 15) is 16.8 Å². The normalized spacial score (nSPS) is 17.1. The number of hydrogen-bond donors (Lipinski definition) is 0. The summed E-state index contributed by atoms with van der Waals surface area (Å²) in [5.41, 5.74) is -0.302. The van der Waals surface area contributed by atoms with Crippen LogP contribution in [0.4, 0.5) is 28.9 Å². The van der Waals surface area contributed by atoms with Crippen LogP contribution in [0.25, 0.3) is 11.1 Å². The van der Waals surface area contributed by atoms with Crippen LogP contribution in [0.1, 0.15) is 89.2 Å². The van der Waals surface area contributed by atoms with E-state index in [1.54, 1.807) is 18.2 Å². The minimum absolute atomic E-state index is 0.0432. The van der Waals surface area contributed by atoms with Crippen LogP contribution in [-0.2, 0) is 20.0 Å². The van der Waals surface area contributed by atoms with Crippen molar-refractivity contribution in [2.75, 3.05) is 34.2 Å². The Balaban J connectivity index is 1.79. The van der Waals surface area contributed by atoms with Gasteiger partial charge in [-0.05, 0) is 72.2 Å². The van der Waals surface area contributed by atoms with Crippen LogP contribution in [0.3, 0.4) is 0 Å². The third-order valence-electron chi connectivity index (χ3n) is 9.93. The summed E-state index contributed by atoms with van der Waals surface area (Å²) in [4.78, 5) is 0. The number of rotatable bonds is 18. The number of anilines is 2. The Hall–Kier alpha value is -3.90. The van der Waals surface area contributed by atoms with Gasteiger partial charge in [0.15, 0.2) is 11.6 Å². The molecular formula is C41H48F4N2O4S2. The molecule has 286 valence electrons. The fraction of sp³-hybridized carbons (Fsp3) is 0.415. The molecule has 53 heavy (non-hydrogen) atoms. The van der Waals surface area contributed by atoms with Crippen LogP contribution < -0.4 is 8.61 Å². The monoisotopic (exact) mass is 772 g/mol. The van der Waals surface area contributed by atoms with Crippen molar-refractivity contribution in [1.29, 1.82) is 0 Å². The first-order valence-electron chi connectivity index (χ1n) is 18.3. The molecule has 2 aromatic carbocycles. The molecule has 0 saturated heterocycles. The highest BCUT2D eigenvalue weighted by molar-refractivity contribution is 7.92. The number of nitrogens with zero attached hydrogens (tertiary/aromatic N) is 2. The molecule has 0 N–H and O–H groups in total. The van der Waals surface area contributed by atoms with Crippen molar-refractivity contribution < 1.29 is 34.4 Å². The zero-order valence-corrected chi connectivity index (χ0v) is 32.4. The molecule has 0 bridgehead atoms. The first kappa shape index (κ1) is 40.3. The topological polar surface area (TPSA) is 74.8 Å². The molecule has 0 amide bonds. The lowest BCUT2D eigenvalue weighted by Crippen LogP contribution is -2.32. The van der Waals surface area contributed by atoms with Crippen molar-refractivity contribution in [3.05, 3.63) is 118 Å². The van der Waals surface area contributed by atoms with Crippen molar-refractivity contribution in [3.8, 4) is 0 Å². The molecule has 0 heterocycles. The predicted octanol–water partition coefficient (Wildman–Crippen LogP) is 10.2. The molecule has 3 aliphatic rings. The zero-order chi connectivity index (χ0) is 38.5. The van der Waals surface area contributed by atoms with Gasteiger partial charge in [0.2, 0.25) is 20.0 Å². The molecule has 6 nitrogen and oxygen atoms in total. The molecular weight excluding hydrogens is 725 g/mol. The zero-order valence-electron chi connectivity index (χ0n) is 30.8. The molecule has 0 fully saturated rings. The molecule has 1 unspecified atom stereocenters. The molecule has 2 aromatic rings. The Kier molecular flexibility index (Phi) is 13.0. The van der Waals surface area contributed by atoms with E-state index in [0.717, 1.165) is 76.6 Å². The number of benzene rings is 2. The summed E-state index contributed by atoms with van der Waals surface area (Å²) in [7, 11) is -8.06. The Bertz CT molecular complexity index is 2130. The van der Waals surface area contributed by atoms with Gasteiger partial charge in [-0.2, -0.15) is 0 Å². The number of allylic oxidation sites excluding steroid dienone is 12. The summed E-state index contributed by atoms with van der Waals surface area (Å²) in [5.74, 6) is -5.10. The van der Waals surface area contributed by atoms with Crippen molar-refractivity contribution in [3.63, 3.8) is 0 Å². The van der Waals surface area contributed by atoms with Crippen molar-refractivity contribution in [2.45, 2.75) is 78.1 Å². The van der Waals surface area contributed by atoms with Crippen molar-refractivity contribution in [2.24, 2.45) is 5.92 Å². The lowest BCUT2D eigenvalue weighted by Gasteiger charge is -2.26. The van der Waals surface area contributed by atoms with Gasteiger partial charge in [0.25, 0.3) is 0 Å². The maximum absolute atomic E-state index is 17.2. The second-order valence-corrected chi connectivity index (χ2v) is 17.7. The van der Waals surface area contributed by atoms with E-state index in [4.69, 9.17) is 0 Å². The molecule has 0 radical (unpaired) electrons. The lowest BCUT2D eigenvalue weighted by atomic mass is 9.84. The highest BCUT2D eigenvalue weighted by Crippen LogP contribution is 2.53. The third-order valence-corrected chi connectivity index (χ3v) is 12.3. The highest BCUT2D eigenvalue weighted by atomic mass is 32.2. The van der Waals surface area contributed by atoms with Gasteiger partial charge in [0, 0.05) is 19.0 Å². The van der Waals surface area contributed by atoms with E-state index in [1.165, 1.54) is 0 Å². The van der Waals surface area contributed by atoms with E-state index >= 15 is 17.6 Å². The lowest BCUT2D eigenvalue weighted by molar-refractivity contribution is 0.565. The minimum Gasteiger partial charge on any atom is -0.267 e. The van der Waals surface area contributed by atoms with E-state index in [0.29, 0.717) is 49.7 Å². The van der Waals surface area contributed by atoms with Gasteiger partial charge in [-0.3, -0.25) is 8.61 Å². The average molecular weight is 773 g/mol. The Morgan fingerprint density at radius 2 is 1.17 bits per heavy atom. The predicted molar refractivity (Wildman–Crippen MR) is 207 cm³/mol. The second kappa shape index (κ2) is 17.1. The van der Waals surface area contributed by atoms with Gasteiger partial charge >= 0.3 is 0 Å². The van der Waals surface area contributed by atoms with Gasteiger partial charge in [-0.25, -0.2) is 34.4 Å². The number of sulfonamides is 2. The summed E-state index contributed by atoms with van der Waals surface area (Å²) in [6.07, 6.45) is 21.2. The summed E-state index contributed by atoms with van der Waals surface area (Å²) in [5, 5.41) is 0. The van der Waals surface area contributed by atoms with Crippen LogP contribution in [0, 0.1) is 29.2 Å². The molecule has 12 heteroatoms. The summed E-state index contributed by atoms with van der Waals surface area (Å²) < 4.78 is 121. The standard InChI is InChI=1S/C41H48F4N2O4S2/c1-5-7-9-15-25-46(52(3,48)49)34-23-21-32(42)37(40(34)44)31-27-30(28-17-11-12-18-28)36(29-19-13-14-20-29)38(31)39-33(43)22-24-35(41(39)45)47(53(4,50)51)26-16-10-8-6-2/h11-14,17,19,21-24,27,30H,5-10,15-16,18,20,25-26H2,1-4H3. The number of halogens is 4. The van der Waals surface area contributed by atoms with E-state index in [1.807, 2.05) is 38.2 Å². The SMILES string of the molecule is CCCCCCN(c1ccc(F)c(C2=CC(C3=CC=CC3)C(C3=CC=CC3)=C2c2c(F)ccc(N(CCCCCC)S(C)(=O)=O)c2F)c1F)S(C)(=O)=O. The summed E-state index contributed by atoms with van der Waals surface area (Å²) >= 11 is 0. The number of unbranched alkanes of at least 4 members (excludes halogenated alkanes) is 6. The number of hydrogen-bond acceptors (Lipinski definition) is 4. The van der Waals surface area contributed by atoms with Crippen LogP contribution in [-0.4, -0.2) is 42.4 Å². The quantitative estimate of drug-likeness (QED) is 0.112. The molecule has 0 spiro atoms. The Morgan fingerprint density at radius 3 is 1.64 bits per heavy atom. The van der Waals surface area contributed by atoms with E-state index in [2.05, 4.69) is 0 Å². The third kappa shape index (κ3) is 8.75. The average Bonchev–Trinajstić information content (AvgIpc) is 3.88. The first-order valence-corrected chi connectivity index (χ1v) is 22.0. The van der Waals surface area contributed by atoms with E-state index < -0.39 is 60.4 Å². The van der Waals surface area contributed by atoms with Gasteiger partial charge in [0.1, 0.15) is 11.6 Å². The Morgan fingerprint density at radius 1 is 0.660 bits per heavy atom. The maximum atomic E-state index is 17.2. The first-order chi connectivity index (χ1) is 25.2. The van der Waals surface area contributed by atoms with E-state index in [-0.39, 0.29) is 35.6 Å². The molecule has 0 aromatic heterocycles. The van der Waals surface area contributed by atoms with Gasteiger partial charge < -0.3 is 0 Å². The van der Waals surface area contributed by atoms with Crippen LogP contribution in [0.15, 0.2) is 83.5 Å². The van der Waals surface area contributed by atoms with Gasteiger partial charge in [-0.1, -0.05) is 100 Å². The summed E-state index contributed by atoms with van der Waals surface area (Å²) in [6, 6.07) is 4.11. The molecule has 0 aliphatic heterocycles. The fourth-order valence-corrected chi connectivity index (χ4v) is 9.26. The molecule has 0 saturated carbocycles.